The molecule has 2 saturated carbocycles. The molecule has 3 fully saturated rings. The second kappa shape index (κ2) is 8.20. The number of β-amino-alcohol motifs (C(OH)–C–C–N with tert-alkyl or cyclic N) is 1. The maximum Gasteiger partial charge on any atom is 0.313 e. The van der Waals surface area contributed by atoms with Crippen LogP contribution in [0.2, 0.25) is 0 Å². The standard InChI is InChI=1S/C25H35N5O3/c1-28(2)25(19-7-4-3-5-8-19)13-11-23(12-14-25)17-29(20-15-26-21(31)27-16-20)22(32)30(23)18-24(33)9-6-10-24/h3-5,7-8,15-16,22,32-33H,6,9-14,17-18H2,1-2H3,(H,26,27,31)/t22?,23-,25+. The molecule has 0 radical (unpaired) electrons. The highest BCUT2D eigenvalue weighted by Crippen LogP contribution is 2.51. The van der Waals surface area contributed by atoms with Crippen LogP contribution in [0.3, 0.4) is 0 Å². The molecule has 33 heavy (non-hydrogen) atoms. The van der Waals surface area contributed by atoms with Crippen LogP contribution in [0.5, 0.6) is 6.01 Å². The largest absolute Gasteiger partial charge is 0.479 e. The normalized spacial score (nSPS) is 31.8. The van der Waals surface area contributed by atoms with E-state index in [4.69, 9.17) is 0 Å². The number of aliphatic hydroxyl groups excluding tert-OH is 1. The number of aromatic hydroxyl groups is 1. The van der Waals surface area contributed by atoms with Crippen LogP contribution < -0.4 is 4.90 Å². The number of anilines is 1. The summed E-state index contributed by atoms with van der Waals surface area (Å²) in [5.41, 5.74) is 0.972. The van der Waals surface area contributed by atoms with Crippen molar-refractivity contribution in [3.63, 3.8) is 0 Å². The lowest BCUT2D eigenvalue weighted by molar-refractivity contribution is -0.124. The fourth-order valence-corrected chi connectivity index (χ4v) is 6.22. The molecule has 1 aromatic carbocycles. The Morgan fingerprint density at radius 2 is 1.64 bits per heavy atom. The smallest absolute Gasteiger partial charge is 0.313 e. The average Bonchev–Trinajstić information content (AvgIpc) is 3.06. The van der Waals surface area contributed by atoms with Gasteiger partial charge in [-0.15, -0.1) is 0 Å². The molecular weight excluding hydrogens is 418 g/mol. The van der Waals surface area contributed by atoms with Crippen LogP contribution in [0, 0.1) is 0 Å². The molecule has 2 heterocycles. The molecule has 1 unspecified atom stereocenters. The SMILES string of the molecule is CN(C)[C@]1(c2ccccc2)CC[C@]2(CC1)CN(c1cnc(O)nc1)C(O)N2CC1(O)CCC1. The molecule has 178 valence electrons. The maximum atomic E-state index is 11.4. The number of nitrogens with zero attached hydrogens (tertiary/aromatic N) is 5. The van der Waals surface area contributed by atoms with Gasteiger partial charge in [0.15, 0.2) is 6.35 Å². The van der Waals surface area contributed by atoms with Crippen LogP contribution in [-0.2, 0) is 5.54 Å². The number of hydrogen-bond acceptors (Lipinski definition) is 8. The molecule has 0 bridgehead atoms. The van der Waals surface area contributed by atoms with Crippen molar-refractivity contribution in [2.24, 2.45) is 0 Å². The third-order valence-corrected chi connectivity index (χ3v) is 8.51. The first-order chi connectivity index (χ1) is 15.8. The minimum absolute atomic E-state index is 0.0500. The van der Waals surface area contributed by atoms with Gasteiger partial charge < -0.3 is 20.2 Å². The highest BCUT2D eigenvalue weighted by atomic mass is 16.3. The zero-order valence-electron chi connectivity index (χ0n) is 19.6. The van der Waals surface area contributed by atoms with Crippen molar-refractivity contribution >= 4 is 5.69 Å². The summed E-state index contributed by atoms with van der Waals surface area (Å²) in [6.45, 7) is 1.10. The Kier molecular flexibility index (Phi) is 5.60. The lowest BCUT2D eigenvalue weighted by Gasteiger charge is -2.53. The van der Waals surface area contributed by atoms with Crippen LogP contribution in [0.25, 0.3) is 0 Å². The number of aromatic nitrogens is 2. The summed E-state index contributed by atoms with van der Waals surface area (Å²) in [5.74, 6) is 0. The van der Waals surface area contributed by atoms with Crippen LogP contribution >= 0.6 is 0 Å². The number of aliphatic hydroxyl groups is 2. The Bertz CT molecular complexity index is 956. The van der Waals surface area contributed by atoms with Crippen molar-refractivity contribution in [2.45, 2.75) is 68.0 Å². The zero-order valence-corrected chi connectivity index (χ0v) is 19.6. The number of benzene rings is 1. The zero-order chi connectivity index (χ0) is 23.3. The van der Waals surface area contributed by atoms with Gasteiger partial charge >= 0.3 is 6.01 Å². The average molecular weight is 454 g/mol. The van der Waals surface area contributed by atoms with Crippen LogP contribution in [0.4, 0.5) is 5.69 Å². The topological polar surface area (TPSA) is 96.2 Å². The lowest BCUT2D eigenvalue weighted by atomic mass is 9.67. The third kappa shape index (κ3) is 3.79. The lowest BCUT2D eigenvalue weighted by Crippen LogP contribution is -2.60. The van der Waals surface area contributed by atoms with E-state index < -0.39 is 12.0 Å². The van der Waals surface area contributed by atoms with Crippen LogP contribution in [0.1, 0.15) is 50.5 Å². The van der Waals surface area contributed by atoms with E-state index >= 15 is 0 Å². The molecule has 3 N–H and O–H groups in total. The highest BCUT2D eigenvalue weighted by molar-refractivity contribution is 5.46. The molecule has 1 aromatic heterocycles. The van der Waals surface area contributed by atoms with Crippen molar-refractivity contribution in [1.29, 1.82) is 0 Å². The van der Waals surface area contributed by atoms with Gasteiger partial charge in [-0.25, -0.2) is 9.97 Å². The molecule has 1 saturated heterocycles. The van der Waals surface area contributed by atoms with E-state index in [-0.39, 0.29) is 17.1 Å². The van der Waals surface area contributed by atoms with Crippen molar-refractivity contribution in [3.8, 4) is 6.01 Å². The molecule has 2 aromatic rings. The summed E-state index contributed by atoms with van der Waals surface area (Å²) in [6.07, 6.45) is 8.56. The van der Waals surface area contributed by atoms with Crippen molar-refractivity contribution < 1.29 is 15.3 Å². The summed E-state index contributed by atoms with van der Waals surface area (Å²) >= 11 is 0. The first-order valence-corrected chi connectivity index (χ1v) is 11.9. The quantitative estimate of drug-likeness (QED) is 0.635. The Balaban J connectivity index is 1.46. The summed E-state index contributed by atoms with van der Waals surface area (Å²) in [4.78, 5) is 14.2. The molecule has 0 amide bonds. The number of hydrogen-bond donors (Lipinski definition) is 3. The predicted octanol–water partition coefficient (Wildman–Crippen LogP) is 2.26. The molecule has 2 aliphatic carbocycles. The van der Waals surface area contributed by atoms with E-state index in [1.54, 1.807) is 12.4 Å². The van der Waals surface area contributed by atoms with Gasteiger partial charge in [-0.05, 0) is 64.6 Å². The Morgan fingerprint density at radius 3 is 2.18 bits per heavy atom. The van der Waals surface area contributed by atoms with E-state index in [0.29, 0.717) is 18.8 Å². The monoisotopic (exact) mass is 453 g/mol. The Labute approximate surface area is 195 Å². The van der Waals surface area contributed by atoms with Gasteiger partial charge in [0.1, 0.15) is 0 Å². The minimum Gasteiger partial charge on any atom is -0.479 e. The van der Waals surface area contributed by atoms with Gasteiger partial charge in [-0.2, -0.15) is 0 Å². The molecule has 3 aliphatic rings. The van der Waals surface area contributed by atoms with E-state index in [1.807, 2.05) is 4.90 Å². The van der Waals surface area contributed by atoms with Gasteiger partial charge in [0.25, 0.3) is 0 Å². The Morgan fingerprint density at radius 1 is 1.00 bits per heavy atom. The summed E-state index contributed by atoms with van der Waals surface area (Å²) in [5, 5.41) is 32.0. The second-order valence-corrected chi connectivity index (χ2v) is 10.4. The number of rotatable bonds is 5. The predicted molar refractivity (Wildman–Crippen MR) is 126 cm³/mol. The molecule has 8 nitrogen and oxygen atoms in total. The van der Waals surface area contributed by atoms with Gasteiger partial charge in [-0.3, -0.25) is 9.80 Å². The summed E-state index contributed by atoms with van der Waals surface area (Å²) < 4.78 is 0. The molecule has 1 atom stereocenters. The minimum atomic E-state index is -0.869. The van der Waals surface area contributed by atoms with Gasteiger partial charge in [0.05, 0.1) is 23.7 Å². The van der Waals surface area contributed by atoms with Crippen molar-refractivity contribution in [1.82, 2.24) is 19.8 Å². The van der Waals surface area contributed by atoms with Crippen molar-refractivity contribution in [3.05, 3.63) is 48.3 Å². The van der Waals surface area contributed by atoms with Crippen molar-refractivity contribution in [2.75, 3.05) is 32.1 Å². The van der Waals surface area contributed by atoms with Gasteiger partial charge in [0.2, 0.25) is 0 Å². The third-order valence-electron chi connectivity index (χ3n) is 8.51. The van der Waals surface area contributed by atoms with Gasteiger partial charge in [0, 0.05) is 24.2 Å². The first-order valence-electron chi connectivity index (χ1n) is 11.9. The van der Waals surface area contributed by atoms with Crippen LogP contribution in [-0.4, -0.2) is 79.8 Å². The maximum absolute atomic E-state index is 11.4. The molecule has 8 heteroatoms. The van der Waals surface area contributed by atoms with E-state index in [0.717, 1.165) is 44.9 Å². The van der Waals surface area contributed by atoms with E-state index in [9.17, 15) is 15.3 Å². The fourth-order valence-electron chi connectivity index (χ4n) is 6.22. The molecule has 5 rings (SSSR count). The summed E-state index contributed by atoms with van der Waals surface area (Å²) in [7, 11) is 4.31. The molecule has 1 aliphatic heterocycles. The van der Waals surface area contributed by atoms with E-state index in [2.05, 4.69) is 64.2 Å². The molecule has 1 spiro atoms. The van der Waals surface area contributed by atoms with E-state index in [1.165, 1.54) is 5.56 Å². The summed E-state index contributed by atoms with van der Waals surface area (Å²) in [6, 6.07) is 10.4. The Hall–Kier alpha value is -2.26. The van der Waals surface area contributed by atoms with Gasteiger partial charge in [-0.1, -0.05) is 30.3 Å². The van der Waals surface area contributed by atoms with Crippen LogP contribution in [0.15, 0.2) is 42.7 Å². The molecular formula is C25H35N5O3. The first kappa shape index (κ1) is 22.5. The fraction of sp³-hybridized carbons (Fsp3) is 0.600. The highest BCUT2D eigenvalue weighted by Gasteiger charge is 2.56. The second-order valence-electron chi connectivity index (χ2n) is 10.4.